The maximum Gasteiger partial charge on any atom is 0.324 e. The van der Waals surface area contributed by atoms with Gasteiger partial charge in [0, 0.05) is 41.6 Å². The zero-order valence-electron chi connectivity index (χ0n) is 21.2. The molecule has 3 N–H and O–H groups in total. The monoisotopic (exact) mass is 521 g/mol. The summed E-state index contributed by atoms with van der Waals surface area (Å²) >= 11 is 0. The van der Waals surface area contributed by atoms with Crippen LogP contribution in [0.2, 0.25) is 0 Å². The number of amides is 2. The average Bonchev–Trinajstić information content (AvgIpc) is 3.50. The van der Waals surface area contributed by atoms with Gasteiger partial charge < -0.3 is 15.4 Å². The topological polar surface area (TPSA) is 149 Å². The van der Waals surface area contributed by atoms with Gasteiger partial charge in [0.2, 0.25) is 5.88 Å². The van der Waals surface area contributed by atoms with Crippen LogP contribution >= 0.6 is 0 Å². The lowest BCUT2D eigenvalue weighted by atomic mass is 10.1. The lowest BCUT2D eigenvalue weighted by Crippen LogP contribution is -2.19. The van der Waals surface area contributed by atoms with E-state index in [1.165, 1.54) is 6.33 Å². The number of nitrogens with zero attached hydrogens (tertiary/aromatic N) is 8. The molecule has 2 aromatic carbocycles. The molecule has 4 aromatic heterocycles. The molecule has 0 aliphatic heterocycles. The van der Waals surface area contributed by atoms with Gasteiger partial charge in [0.15, 0.2) is 11.5 Å². The predicted molar refractivity (Wildman–Crippen MR) is 145 cm³/mol. The third kappa shape index (κ3) is 5.00. The molecule has 0 saturated heterocycles. The number of urea groups is 1. The van der Waals surface area contributed by atoms with Crippen molar-refractivity contribution in [2.24, 2.45) is 7.05 Å². The van der Waals surface area contributed by atoms with Crippen molar-refractivity contribution < 1.29 is 9.53 Å². The van der Waals surface area contributed by atoms with E-state index in [4.69, 9.17) is 4.74 Å². The minimum absolute atomic E-state index is 0.400. The van der Waals surface area contributed by atoms with Gasteiger partial charge in [0.1, 0.15) is 30.5 Å². The molecule has 0 radical (unpaired) electrons. The first-order valence-electron chi connectivity index (χ1n) is 12.0. The van der Waals surface area contributed by atoms with E-state index in [0.717, 1.165) is 27.8 Å². The largest absolute Gasteiger partial charge is 0.439 e. The quantitative estimate of drug-likeness (QED) is 0.286. The number of anilines is 4. The molecule has 0 spiro atoms. The average molecular weight is 522 g/mol. The molecule has 6 aromatic rings. The standard InChI is InChI=1S/C26H23N11O2/c1-15-8-17(5-7-21(15)39-24-11-23-34-30-14-37(23)13-29-24)31-25-19-10-18(4-6-20(19)27-12-28-25)32-26(38)33-22-9-16(2)36(3)35-22/h4-14H,1-3H3,(H,27,28,31)(H2,32,33,35,38). The smallest absolute Gasteiger partial charge is 0.324 e. The zero-order chi connectivity index (χ0) is 26.9. The molecule has 0 saturated carbocycles. The summed E-state index contributed by atoms with van der Waals surface area (Å²) in [5.41, 5.74) is 4.59. The zero-order valence-corrected chi connectivity index (χ0v) is 21.2. The van der Waals surface area contributed by atoms with Crippen LogP contribution in [0.4, 0.5) is 27.8 Å². The number of aromatic nitrogens is 8. The van der Waals surface area contributed by atoms with E-state index in [1.807, 2.05) is 51.2 Å². The van der Waals surface area contributed by atoms with Crippen LogP contribution in [-0.4, -0.2) is 45.4 Å². The number of carbonyl (C=O) groups excluding carboxylic acids is 1. The Labute approximate surface area is 221 Å². The van der Waals surface area contributed by atoms with Crippen molar-refractivity contribution in [3.8, 4) is 11.6 Å². The summed E-state index contributed by atoms with van der Waals surface area (Å²) in [6, 6.07) is 14.2. The first kappa shape index (κ1) is 23.8. The molecule has 4 heterocycles. The third-order valence-corrected chi connectivity index (χ3v) is 6.06. The summed E-state index contributed by atoms with van der Waals surface area (Å²) in [7, 11) is 1.81. The number of rotatable bonds is 6. The fourth-order valence-electron chi connectivity index (χ4n) is 3.99. The first-order chi connectivity index (χ1) is 18.9. The molecule has 0 atom stereocenters. The third-order valence-electron chi connectivity index (χ3n) is 6.06. The first-order valence-corrected chi connectivity index (χ1v) is 12.0. The second-order valence-corrected chi connectivity index (χ2v) is 8.86. The van der Waals surface area contributed by atoms with Crippen LogP contribution in [-0.2, 0) is 7.05 Å². The number of fused-ring (bicyclic) bond motifs is 2. The van der Waals surface area contributed by atoms with E-state index >= 15 is 0 Å². The van der Waals surface area contributed by atoms with Crippen LogP contribution < -0.4 is 20.7 Å². The minimum Gasteiger partial charge on any atom is -0.439 e. The van der Waals surface area contributed by atoms with Crippen molar-refractivity contribution in [3.63, 3.8) is 0 Å². The highest BCUT2D eigenvalue weighted by Crippen LogP contribution is 2.30. The Morgan fingerprint density at radius 3 is 2.62 bits per heavy atom. The summed E-state index contributed by atoms with van der Waals surface area (Å²) in [4.78, 5) is 25.6. The number of carbonyl (C=O) groups is 1. The second-order valence-electron chi connectivity index (χ2n) is 8.86. The van der Waals surface area contributed by atoms with Crippen molar-refractivity contribution >= 4 is 45.6 Å². The van der Waals surface area contributed by atoms with Gasteiger partial charge in [-0.1, -0.05) is 0 Å². The van der Waals surface area contributed by atoms with E-state index < -0.39 is 6.03 Å². The van der Waals surface area contributed by atoms with Crippen LogP contribution in [0, 0.1) is 13.8 Å². The van der Waals surface area contributed by atoms with Crippen LogP contribution in [0.3, 0.4) is 0 Å². The minimum atomic E-state index is -0.400. The van der Waals surface area contributed by atoms with Crippen molar-refractivity contribution in [3.05, 3.63) is 78.8 Å². The fourth-order valence-corrected chi connectivity index (χ4v) is 3.99. The highest BCUT2D eigenvalue weighted by atomic mass is 16.5. The van der Waals surface area contributed by atoms with Crippen LogP contribution in [0.5, 0.6) is 11.6 Å². The normalized spacial score (nSPS) is 11.1. The van der Waals surface area contributed by atoms with Crippen molar-refractivity contribution in [1.82, 2.24) is 39.3 Å². The summed E-state index contributed by atoms with van der Waals surface area (Å²) < 4.78 is 9.36. The molecule has 0 fully saturated rings. The van der Waals surface area contributed by atoms with Gasteiger partial charge in [-0.25, -0.2) is 19.7 Å². The van der Waals surface area contributed by atoms with Gasteiger partial charge in [-0.3, -0.25) is 14.4 Å². The lowest BCUT2D eigenvalue weighted by molar-refractivity contribution is 0.262. The molecular weight excluding hydrogens is 498 g/mol. The summed E-state index contributed by atoms with van der Waals surface area (Å²) in [6.07, 6.45) is 4.66. The maximum atomic E-state index is 12.5. The highest BCUT2D eigenvalue weighted by Gasteiger charge is 2.11. The molecule has 0 aliphatic carbocycles. The number of hydrogen-bond acceptors (Lipinski definition) is 9. The molecule has 194 valence electrons. The van der Waals surface area contributed by atoms with Crippen LogP contribution in [0.25, 0.3) is 16.6 Å². The molecule has 0 bridgehead atoms. The molecule has 0 aliphatic rings. The molecule has 13 heteroatoms. The van der Waals surface area contributed by atoms with E-state index in [2.05, 4.69) is 46.2 Å². The highest BCUT2D eigenvalue weighted by molar-refractivity contribution is 6.01. The summed E-state index contributed by atoms with van der Waals surface area (Å²) in [5.74, 6) is 2.14. The number of aryl methyl sites for hydroxylation is 3. The number of nitrogens with one attached hydrogen (secondary N) is 3. The number of ether oxygens (including phenoxy) is 1. The lowest BCUT2D eigenvalue weighted by Gasteiger charge is -2.13. The van der Waals surface area contributed by atoms with Gasteiger partial charge in [0.05, 0.1) is 5.52 Å². The number of hydrogen-bond donors (Lipinski definition) is 3. The van der Waals surface area contributed by atoms with Gasteiger partial charge in [-0.05, 0) is 55.8 Å². The Kier molecular flexibility index (Phi) is 5.92. The Hall–Kier alpha value is -5.59. The summed E-state index contributed by atoms with van der Waals surface area (Å²) in [6.45, 7) is 3.85. The summed E-state index contributed by atoms with van der Waals surface area (Å²) in [5, 5.41) is 21.8. The van der Waals surface area contributed by atoms with E-state index in [0.29, 0.717) is 34.6 Å². The van der Waals surface area contributed by atoms with E-state index in [-0.39, 0.29) is 0 Å². The Morgan fingerprint density at radius 2 is 1.79 bits per heavy atom. The molecular formula is C26H23N11O2. The molecule has 6 rings (SSSR count). The van der Waals surface area contributed by atoms with E-state index in [1.54, 1.807) is 39.9 Å². The number of benzene rings is 2. The van der Waals surface area contributed by atoms with Crippen LogP contribution in [0.15, 0.2) is 67.5 Å². The Balaban J connectivity index is 1.19. The predicted octanol–water partition coefficient (Wildman–Crippen LogP) is 4.60. The van der Waals surface area contributed by atoms with Gasteiger partial charge >= 0.3 is 6.03 Å². The Morgan fingerprint density at radius 1 is 0.923 bits per heavy atom. The molecule has 0 unspecified atom stereocenters. The van der Waals surface area contributed by atoms with Gasteiger partial charge in [-0.2, -0.15) is 5.10 Å². The van der Waals surface area contributed by atoms with Crippen molar-refractivity contribution in [1.29, 1.82) is 0 Å². The fraction of sp³-hybridized carbons (Fsp3) is 0.115. The second kappa shape index (κ2) is 9.70. The van der Waals surface area contributed by atoms with Gasteiger partial charge in [-0.15, -0.1) is 10.2 Å². The van der Waals surface area contributed by atoms with E-state index in [9.17, 15) is 4.79 Å². The van der Waals surface area contributed by atoms with Crippen molar-refractivity contribution in [2.45, 2.75) is 13.8 Å². The van der Waals surface area contributed by atoms with Crippen LogP contribution in [0.1, 0.15) is 11.3 Å². The van der Waals surface area contributed by atoms with Crippen molar-refractivity contribution in [2.75, 3.05) is 16.0 Å². The maximum absolute atomic E-state index is 12.5. The Bertz CT molecular complexity index is 1820. The SMILES string of the molecule is Cc1cc(Nc2ncnc3ccc(NC(=O)Nc4cc(C)n(C)n4)cc23)ccc1Oc1cc2nncn2cn1. The van der Waals surface area contributed by atoms with Gasteiger partial charge in [0.25, 0.3) is 0 Å². The molecule has 2 amide bonds. The molecule has 13 nitrogen and oxygen atoms in total. The molecule has 39 heavy (non-hydrogen) atoms.